The minimum atomic E-state index is -0.460. The highest BCUT2D eigenvalue weighted by molar-refractivity contribution is 9.10. The summed E-state index contributed by atoms with van der Waals surface area (Å²) in [6.07, 6.45) is 1.51. The molecule has 16 heavy (non-hydrogen) atoms. The molecule has 0 atom stereocenters. The molecule has 0 fully saturated rings. The normalized spacial score (nSPS) is 10.1. The Balaban J connectivity index is 2.24. The van der Waals surface area contributed by atoms with E-state index in [1.54, 1.807) is 6.07 Å². The van der Waals surface area contributed by atoms with Gasteiger partial charge in [-0.1, -0.05) is 0 Å². The number of hydrogen-bond donors (Lipinski definition) is 2. The molecule has 1 aromatic carbocycles. The van der Waals surface area contributed by atoms with Gasteiger partial charge in [-0.2, -0.15) is 5.10 Å². The predicted octanol–water partition coefficient (Wildman–Crippen LogP) is 2.56. The quantitative estimate of drug-likeness (QED) is 0.890. The van der Waals surface area contributed by atoms with Crippen LogP contribution in [0.5, 0.6) is 0 Å². The summed E-state index contributed by atoms with van der Waals surface area (Å²) in [5.74, 6) is -0.408. The van der Waals surface area contributed by atoms with E-state index < -0.39 is 11.7 Å². The number of anilines is 1. The Morgan fingerprint density at radius 2 is 2.25 bits per heavy atom. The molecule has 0 aliphatic heterocycles. The van der Waals surface area contributed by atoms with Crippen molar-refractivity contribution in [2.45, 2.75) is 0 Å². The van der Waals surface area contributed by atoms with Gasteiger partial charge in [0.05, 0.1) is 11.8 Å². The average Bonchev–Trinajstić information content (AvgIpc) is 2.74. The van der Waals surface area contributed by atoms with E-state index in [-0.39, 0.29) is 5.56 Å². The second kappa shape index (κ2) is 4.44. The Hall–Kier alpha value is -1.69. The molecule has 0 bridgehead atoms. The minimum Gasteiger partial charge on any atom is -0.307 e. The summed E-state index contributed by atoms with van der Waals surface area (Å²) >= 11 is 3.18. The molecule has 2 aromatic rings. The molecule has 82 valence electrons. The van der Waals surface area contributed by atoms with Crippen LogP contribution in [0.4, 0.5) is 10.2 Å². The van der Waals surface area contributed by atoms with Crippen molar-refractivity contribution in [2.75, 3.05) is 5.32 Å². The number of nitrogens with one attached hydrogen (secondary N) is 2. The Bertz CT molecular complexity index is 513. The van der Waals surface area contributed by atoms with Gasteiger partial charge in [-0.25, -0.2) is 4.39 Å². The first-order valence-corrected chi connectivity index (χ1v) is 5.22. The van der Waals surface area contributed by atoms with Crippen molar-refractivity contribution >= 4 is 27.7 Å². The van der Waals surface area contributed by atoms with Gasteiger partial charge in [0.2, 0.25) is 0 Å². The fraction of sp³-hybridized carbons (Fsp3) is 0. The summed E-state index contributed by atoms with van der Waals surface area (Å²) < 4.78 is 13.5. The maximum absolute atomic E-state index is 13.0. The van der Waals surface area contributed by atoms with Crippen LogP contribution in [0, 0.1) is 5.82 Å². The first kappa shape index (κ1) is 10.8. The van der Waals surface area contributed by atoms with Crippen LogP contribution < -0.4 is 5.32 Å². The fourth-order valence-corrected chi connectivity index (χ4v) is 1.61. The molecule has 0 saturated carbocycles. The number of hydrogen-bond acceptors (Lipinski definition) is 2. The van der Waals surface area contributed by atoms with Crippen LogP contribution in [0.3, 0.4) is 0 Å². The molecule has 2 N–H and O–H groups in total. The van der Waals surface area contributed by atoms with E-state index in [1.165, 1.54) is 18.3 Å². The second-order valence-electron chi connectivity index (χ2n) is 3.05. The number of aromatic nitrogens is 2. The number of halogens is 2. The van der Waals surface area contributed by atoms with Gasteiger partial charge in [0.25, 0.3) is 5.91 Å². The van der Waals surface area contributed by atoms with E-state index in [0.29, 0.717) is 10.3 Å². The van der Waals surface area contributed by atoms with Crippen LogP contribution in [0.1, 0.15) is 10.4 Å². The van der Waals surface area contributed by atoms with Gasteiger partial charge in [0, 0.05) is 10.5 Å². The van der Waals surface area contributed by atoms with Gasteiger partial charge in [-0.05, 0) is 34.1 Å². The van der Waals surface area contributed by atoms with Crippen LogP contribution in [-0.2, 0) is 0 Å². The van der Waals surface area contributed by atoms with Crippen molar-refractivity contribution in [3.8, 4) is 0 Å². The average molecular weight is 284 g/mol. The van der Waals surface area contributed by atoms with Crippen molar-refractivity contribution in [2.24, 2.45) is 0 Å². The molecule has 0 aliphatic carbocycles. The molecule has 0 spiro atoms. The maximum Gasteiger partial charge on any atom is 0.258 e. The summed E-state index contributed by atoms with van der Waals surface area (Å²) in [7, 11) is 0. The zero-order valence-electron chi connectivity index (χ0n) is 8.00. The third kappa shape index (κ3) is 2.27. The number of H-pyrrole nitrogens is 1. The maximum atomic E-state index is 13.0. The first-order chi connectivity index (χ1) is 7.66. The molecular formula is C10H7BrFN3O. The van der Waals surface area contributed by atoms with Crippen molar-refractivity contribution in [1.29, 1.82) is 0 Å². The number of nitrogens with zero attached hydrogens (tertiary/aromatic N) is 1. The molecule has 0 aliphatic rings. The third-order valence-electron chi connectivity index (χ3n) is 1.92. The predicted molar refractivity (Wildman–Crippen MR) is 60.6 cm³/mol. The molecule has 6 heteroatoms. The van der Waals surface area contributed by atoms with Crippen LogP contribution in [0.25, 0.3) is 0 Å². The highest BCUT2D eigenvalue weighted by atomic mass is 79.9. The Labute approximate surface area is 99.0 Å². The minimum absolute atomic E-state index is 0.231. The number of amides is 1. The summed E-state index contributed by atoms with van der Waals surface area (Å²) in [4.78, 5) is 11.7. The summed E-state index contributed by atoms with van der Waals surface area (Å²) in [5, 5.41) is 8.82. The summed E-state index contributed by atoms with van der Waals surface area (Å²) in [6.45, 7) is 0. The molecule has 0 radical (unpaired) electrons. The molecular weight excluding hydrogens is 277 g/mol. The zero-order valence-corrected chi connectivity index (χ0v) is 9.58. The molecule has 0 saturated heterocycles. The molecule has 4 nitrogen and oxygen atoms in total. The van der Waals surface area contributed by atoms with E-state index in [2.05, 4.69) is 31.4 Å². The lowest BCUT2D eigenvalue weighted by Gasteiger charge is -2.04. The van der Waals surface area contributed by atoms with E-state index in [0.717, 1.165) is 6.07 Å². The molecule has 1 amide bonds. The van der Waals surface area contributed by atoms with Gasteiger partial charge in [-0.3, -0.25) is 9.89 Å². The third-order valence-corrected chi connectivity index (χ3v) is 2.61. The fourth-order valence-electron chi connectivity index (χ4n) is 1.19. The van der Waals surface area contributed by atoms with E-state index in [9.17, 15) is 9.18 Å². The van der Waals surface area contributed by atoms with Crippen molar-refractivity contribution in [3.05, 3.63) is 46.3 Å². The molecule has 1 aromatic heterocycles. The Morgan fingerprint density at radius 3 is 2.94 bits per heavy atom. The van der Waals surface area contributed by atoms with E-state index >= 15 is 0 Å². The lowest BCUT2D eigenvalue weighted by molar-refractivity contribution is 0.102. The summed E-state index contributed by atoms with van der Waals surface area (Å²) in [6, 6.07) is 5.52. The largest absolute Gasteiger partial charge is 0.307 e. The van der Waals surface area contributed by atoms with Gasteiger partial charge in [-0.15, -0.1) is 0 Å². The van der Waals surface area contributed by atoms with Gasteiger partial charge >= 0.3 is 0 Å². The molecule has 1 heterocycles. The van der Waals surface area contributed by atoms with E-state index in [1.807, 2.05) is 0 Å². The number of carbonyl (C=O) groups excluding carboxylic acids is 1. The lowest BCUT2D eigenvalue weighted by Crippen LogP contribution is -2.13. The standard InChI is InChI=1S/C10H7BrFN3O/c11-8-2-1-6(12)5-7(8)10(16)14-9-3-4-13-15-9/h1-5H,(H2,13,14,15,16). The van der Waals surface area contributed by atoms with Gasteiger partial charge < -0.3 is 5.32 Å². The van der Waals surface area contributed by atoms with Crippen molar-refractivity contribution in [1.82, 2.24) is 10.2 Å². The van der Waals surface area contributed by atoms with Crippen molar-refractivity contribution in [3.63, 3.8) is 0 Å². The topological polar surface area (TPSA) is 57.8 Å². The van der Waals surface area contributed by atoms with Crippen LogP contribution in [-0.4, -0.2) is 16.1 Å². The second-order valence-corrected chi connectivity index (χ2v) is 3.90. The first-order valence-electron chi connectivity index (χ1n) is 4.42. The Morgan fingerprint density at radius 1 is 1.44 bits per heavy atom. The molecule has 2 rings (SSSR count). The SMILES string of the molecule is O=C(Nc1ccn[nH]1)c1cc(F)ccc1Br. The summed E-state index contributed by atoms with van der Waals surface area (Å²) in [5.41, 5.74) is 0.231. The van der Waals surface area contributed by atoms with Crippen LogP contribution >= 0.6 is 15.9 Å². The zero-order chi connectivity index (χ0) is 11.5. The number of aromatic amines is 1. The van der Waals surface area contributed by atoms with Crippen LogP contribution in [0.2, 0.25) is 0 Å². The lowest BCUT2D eigenvalue weighted by atomic mass is 10.2. The van der Waals surface area contributed by atoms with Crippen molar-refractivity contribution < 1.29 is 9.18 Å². The number of benzene rings is 1. The monoisotopic (exact) mass is 283 g/mol. The number of rotatable bonds is 2. The number of carbonyl (C=O) groups is 1. The highest BCUT2D eigenvalue weighted by Crippen LogP contribution is 2.18. The van der Waals surface area contributed by atoms with E-state index in [4.69, 9.17) is 0 Å². The smallest absolute Gasteiger partial charge is 0.258 e. The molecule has 0 unspecified atom stereocenters. The van der Waals surface area contributed by atoms with Crippen LogP contribution in [0.15, 0.2) is 34.9 Å². The van der Waals surface area contributed by atoms with Gasteiger partial charge in [0.15, 0.2) is 0 Å². The van der Waals surface area contributed by atoms with Gasteiger partial charge in [0.1, 0.15) is 11.6 Å². The highest BCUT2D eigenvalue weighted by Gasteiger charge is 2.11. The Kier molecular flexibility index (Phi) is 3.00.